The third kappa shape index (κ3) is 6.99. The lowest BCUT2D eigenvalue weighted by Gasteiger charge is -2.17. The van der Waals surface area contributed by atoms with Crippen LogP contribution in [0.2, 0.25) is 0 Å². The number of benzene rings is 1. The molecule has 0 aliphatic carbocycles. The molecule has 10 heteroatoms. The normalized spacial score (nSPS) is 12.0. The number of halogens is 3. The Labute approximate surface area is 147 Å². The molecule has 1 atom stereocenters. The van der Waals surface area contributed by atoms with Crippen LogP contribution in [0, 0.1) is 11.7 Å². The van der Waals surface area contributed by atoms with Gasteiger partial charge < -0.3 is 20.5 Å². The van der Waals surface area contributed by atoms with Crippen molar-refractivity contribution in [2.75, 3.05) is 6.54 Å². The maximum atomic E-state index is 13.1. The zero-order valence-electron chi connectivity index (χ0n) is 14.1. The first-order valence-electron chi connectivity index (χ1n) is 7.64. The number of alkyl halides is 2. The van der Waals surface area contributed by atoms with Crippen LogP contribution in [0.15, 0.2) is 18.2 Å². The predicted molar refractivity (Wildman–Crippen MR) is 84.4 cm³/mol. The van der Waals surface area contributed by atoms with Crippen molar-refractivity contribution in [2.24, 2.45) is 5.92 Å². The number of ether oxygens (including phenoxy) is 1. The van der Waals surface area contributed by atoms with Crippen molar-refractivity contribution < 1.29 is 37.4 Å². The van der Waals surface area contributed by atoms with Gasteiger partial charge in [0.05, 0.1) is 12.1 Å². The Morgan fingerprint density at radius 2 is 1.88 bits per heavy atom. The molecule has 144 valence electrons. The van der Waals surface area contributed by atoms with Gasteiger partial charge in [0, 0.05) is 6.07 Å². The van der Waals surface area contributed by atoms with Crippen LogP contribution in [0.25, 0.3) is 0 Å². The molecule has 0 saturated heterocycles. The maximum absolute atomic E-state index is 13.1. The smallest absolute Gasteiger partial charge is 0.387 e. The van der Waals surface area contributed by atoms with Crippen LogP contribution in [0.5, 0.6) is 5.75 Å². The molecule has 0 saturated carbocycles. The minimum Gasteiger partial charge on any atom is -0.480 e. The van der Waals surface area contributed by atoms with E-state index in [-0.39, 0.29) is 12.3 Å². The SMILES string of the molecule is CC(C)C[C@H](NC(=O)CNC(=O)c1ccc(F)cc1OC(F)F)C(=O)O. The Bertz CT molecular complexity index is 667. The Kier molecular flexibility index (Phi) is 7.88. The monoisotopic (exact) mass is 376 g/mol. The number of carboxylic acid groups (broad SMARTS) is 1. The van der Waals surface area contributed by atoms with Crippen LogP contribution in [0.4, 0.5) is 13.2 Å². The fourth-order valence-electron chi connectivity index (χ4n) is 2.07. The fourth-order valence-corrected chi connectivity index (χ4v) is 2.07. The topological polar surface area (TPSA) is 105 Å². The molecule has 3 N–H and O–H groups in total. The first-order valence-corrected chi connectivity index (χ1v) is 7.64. The number of hydrogen-bond acceptors (Lipinski definition) is 4. The molecule has 26 heavy (non-hydrogen) atoms. The summed E-state index contributed by atoms with van der Waals surface area (Å²) in [6, 6.07) is 1.29. The summed E-state index contributed by atoms with van der Waals surface area (Å²) in [5.41, 5.74) is -0.392. The molecule has 0 aliphatic rings. The number of nitrogens with one attached hydrogen (secondary N) is 2. The Hall–Kier alpha value is -2.78. The van der Waals surface area contributed by atoms with Crippen LogP contribution in [-0.4, -0.2) is 42.1 Å². The number of aliphatic carboxylic acids is 1. The summed E-state index contributed by atoms with van der Waals surface area (Å²) in [4.78, 5) is 34.9. The number of carboxylic acids is 1. The summed E-state index contributed by atoms with van der Waals surface area (Å²) in [6.07, 6.45) is 0.194. The summed E-state index contributed by atoms with van der Waals surface area (Å²) in [5, 5.41) is 13.4. The lowest BCUT2D eigenvalue weighted by atomic mass is 10.0. The van der Waals surface area contributed by atoms with E-state index in [9.17, 15) is 27.6 Å². The van der Waals surface area contributed by atoms with Gasteiger partial charge in [0.2, 0.25) is 5.91 Å². The Balaban J connectivity index is 2.71. The summed E-state index contributed by atoms with van der Waals surface area (Å²) in [7, 11) is 0. The minimum absolute atomic E-state index is 0.0132. The van der Waals surface area contributed by atoms with Crippen LogP contribution in [-0.2, 0) is 9.59 Å². The van der Waals surface area contributed by atoms with Crippen molar-refractivity contribution in [1.82, 2.24) is 10.6 Å². The van der Waals surface area contributed by atoms with Gasteiger partial charge in [-0.2, -0.15) is 8.78 Å². The van der Waals surface area contributed by atoms with E-state index < -0.39 is 54.1 Å². The summed E-state index contributed by atoms with van der Waals surface area (Å²) < 4.78 is 41.9. The average Bonchev–Trinajstić information content (AvgIpc) is 2.51. The van der Waals surface area contributed by atoms with Crippen LogP contribution in [0.1, 0.15) is 30.6 Å². The largest absolute Gasteiger partial charge is 0.480 e. The Morgan fingerprint density at radius 3 is 2.42 bits per heavy atom. The third-order valence-corrected chi connectivity index (χ3v) is 3.15. The van der Waals surface area contributed by atoms with Gasteiger partial charge in [-0.1, -0.05) is 13.8 Å². The van der Waals surface area contributed by atoms with Gasteiger partial charge in [-0.3, -0.25) is 9.59 Å². The zero-order chi connectivity index (χ0) is 19.9. The number of hydrogen-bond donors (Lipinski definition) is 3. The first kappa shape index (κ1) is 21.3. The molecule has 0 radical (unpaired) electrons. The van der Waals surface area contributed by atoms with Gasteiger partial charge >= 0.3 is 12.6 Å². The van der Waals surface area contributed by atoms with E-state index in [2.05, 4.69) is 15.4 Å². The maximum Gasteiger partial charge on any atom is 0.387 e. The second-order valence-electron chi connectivity index (χ2n) is 5.79. The second-order valence-corrected chi connectivity index (χ2v) is 5.79. The van der Waals surface area contributed by atoms with Crippen LogP contribution < -0.4 is 15.4 Å². The molecule has 0 aliphatic heterocycles. The van der Waals surface area contributed by atoms with Crippen molar-refractivity contribution in [1.29, 1.82) is 0 Å². The van der Waals surface area contributed by atoms with Crippen molar-refractivity contribution in [3.05, 3.63) is 29.6 Å². The van der Waals surface area contributed by atoms with E-state index in [0.29, 0.717) is 6.07 Å². The molecule has 1 aromatic carbocycles. The van der Waals surface area contributed by atoms with E-state index in [1.165, 1.54) is 0 Å². The molecule has 2 amide bonds. The number of carbonyl (C=O) groups excluding carboxylic acids is 2. The number of amides is 2. The molecule has 0 fully saturated rings. The average molecular weight is 376 g/mol. The zero-order valence-corrected chi connectivity index (χ0v) is 14.1. The molecule has 0 aromatic heterocycles. The van der Waals surface area contributed by atoms with Crippen LogP contribution in [0.3, 0.4) is 0 Å². The lowest BCUT2D eigenvalue weighted by molar-refractivity contribution is -0.142. The highest BCUT2D eigenvalue weighted by Gasteiger charge is 2.22. The first-order chi connectivity index (χ1) is 12.1. The molecule has 7 nitrogen and oxygen atoms in total. The van der Waals surface area contributed by atoms with Crippen LogP contribution >= 0.6 is 0 Å². The van der Waals surface area contributed by atoms with Crippen molar-refractivity contribution in [3.8, 4) is 5.75 Å². The summed E-state index contributed by atoms with van der Waals surface area (Å²) in [5.74, 6) is -4.49. The van der Waals surface area contributed by atoms with E-state index in [4.69, 9.17) is 5.11 Å². The lowest BCUT2D eigenvalue weighted by Crippen LogP contribution is -2.46. The van der Waals surface area contributed by atoms with Gasteiger partial charge in [0.25, 0.3) is 5.91 Å². The highest BCUT2D eigenvalue weighted by Crippen LogP contribution is 2.22. The summed E-state index contributed by atoms with van der Waals surface area (Å²) >= 11 is 0. The van der Waals surface area contributed by atoms with Crippen molar-refractivity contribution in [2.45, 2.75) is 32.9 Å². The van der Waals surface area contributed by atoms with E-state index in [1.807, 2.05) is 0 Å². The number of rotatable bonds is 9. The molecule has 1 aromatic rings. The molecule has 0 heterocycles. The van der Waals surface area contributed by atoms with Crippen molar-refractivity contribution >= 4 is 17.8 Å². The standard InChI is InChI=1S/C16H19F3N2O5/c1-8(2)5-11(15(24)25)21-13(22)7-20-14(23)10-4-3-9(17)6-12(10)26-16(18)19/h3-4,6,8,11,16H,5,7H2,1-2H3,(H,20,23)(H,21,22)(H,24,25)/t11-/m0/s1. The molecular weight excluding hydrogens is 357 g/mol. The van der Waals surface area contributed by atoms with E-state index >= 15 is 0 Å². The van der Waals surface area contributed by atoms with Gasteiger partial charge in [0.15, 0.2) is 0 Å². The Morgan fingerprint density at radius 1 is 1.23 bits per heavy atom. The van der Waals surface area contributed by atoms with E-state index in [0.717, 1.165) is 12.1 Å². The fraction of sp³-hybridized carbons (Fsp3) is 0.438. The molecule has 0 bridgehead atoms. The third-order valence-electron chi connectivity index (χ3n) is 3.15. The van der Waals surface area contributed by atoms with Gasteiger partial charge in [-0.25, -0.2) is 9.18 Å². The molecule has 0 spiro atoms. The van der Waals surface area contributed by atoms with Crippen molar-refractivity contribution in [3.63, 3.8) is 0 Å². The number of carbonyl (C=O) groups is 3. The highest BCUT2D eigenvalue weighted by molar-refractivity contribution is 5.99. The van der Waals surface area contributed by atoms with E-state index in [1.54, 1.807) is 13.8 Å². The van der Waals surface area contributed by atoms with Gasteiger partial charge in [-0.15, -0.1) is 0 Å². The minimum atomic E-state index is -3.26. The molecule has 1 rings (SSSR count). The second kappa shape index (κ2) is 9.64. The highest BCUT2D eigenvalue weighted by atomic mass is 19.3. The summed E-state index contributed by atoms with van der Waals surface area (Å²) in [6.45, 7) is -0.294. The quantitative estimate of drug-likeness (QED) is 0.609. The predicted octanol–water partition coefficient (Wildman–Crippen LogP) is 1.77. The van der Waals surface area contributed by atoms with Gasteiger partial charge in [-0.05, 0) is 24.5 Å². The molecular formula is C16H19F3N2O5. The molecule has 0 unspecified atom stereocenters. The van der Waals surface area contributed by atoms with Gasteiger partial charge in [0.1, 0.15) is 17.6 Å².